The van der Waals surface area contributed by atoms with Gasteiger partial charge in [0.2, 0.25) is 15.9 Å². The van der Waals surface area contributed by atoms with Crippen molar-refractivity contribution in [3.63, 3.8) is 0 Å². The van der Waals surface area contributed by atoms with Gasteiger partial charge in [0, 0.05) is 33.1 Å². The Morgan fingerprint density at radius 1 is 1.21 bits per heavy atom. The van der Waals surface area contributed by atoms with Gasteiger partial charge in [-0.15, -0.1) is 0 Å². The molecule has 4 rings (SSSR count). The maximum absolute atomic E-state index is 15.0. The molecule has 0 unspecified atom stereocenters. The summed E-state index contributed by atoms with van der Waals surface area (Å²) in [6.07, 6.45) is 1.39. The van der Waals surface area contributed by atoms with Crippen molar-refractivity contribution in [1.82, 2.24) is 19.5 Å². The highest BCUT2D eigenvalue weighted by atomic mass is 32.2. The first kappa shape index (κ1) is 23.7. The molecular formula is C21H24FN5O6S. The number of hydrogen-bond acceptors (Lipinski definition) is 8. The summed E-state index contributed by atoms with van der Waals surface area (Å²) < 4.78 is 53.5. The van der Waals surface area contributed by atoms with E-state index in [1.54, 1.807) is 30.9 Å². The number of benzene rings is 1. The molecule has 1 saturated heterocycles. The number of piperazine rings is 1. The first-order valence-corrected chi connectivity index (χ1v) is 11.9. The van der Waals surface area contributed by atoms with Gasteiger partial charge >= 0.3 is 5.63 Å². The van der Waals surface area contributed by atoms with Gasteiger partial charge in [0.05, 0.1) is 17.4 Å². The molecule has 0 spiro atoms. The highest BCUT2D eigenvalue weighted by molar-refractivity contribution is 7.89. The summed E-state index contributed by atoms with van der Waals surface area (Å²) in [7, 11) is -3.77. The molecule has 1 amide bonds. The Morgan fingerprint density at radius 2 is 1.91 bits per heavy atom. The number of anilines is 1. The fourth-order valence-electron chi connectivity index (χ4n) is 3.91. The zero-order valence-electron chi connectivity index (χ0n) is 18.9. The van der Waals surface area contributed by atoms with Crippen LogP contribution >= 0.6 is 0 Å². The zero-order valence-corrected chi connectivity index (χ0v) is 19.7. The van der Waals surface area contributed by atoms with E-state index in [-0.39, 0.29) is 55.0 Å². The summed E-state index contributed by atoms with van der Waals surface area (Å²) in [4.78, 5) is 25.0. The van der Waals surface area contributed by atoms with Crippen molar-refractivity contribution in [2.75, 3.05) is 31.1 Å². The van der Waals surface area contributed by atoms with Crippen LogP contribution in [-0.2, 0) is 21.5 Å². The number of hydrogen-bond donors (Lipinski definition) is 1. The topological polar surface area (TPSA) is 131 Å². The second-order valence-electron chi connectivity index (χ2n) is 7.94. The SMILES string of the molecule is CC(=O)NCn1cc(-c2ccc(N3CCN(S(=O)(=O)c4c(C)noc4C)CC3)c(F)c2)c(=O)o1. The van der Waals surface area contributed by atoms with Crippen molar-refractivity contribution in [2.45, 2.75) is 32.3 Å². The quantitative estimate of drug-likeness (QED) is 0.546. The van der Waals surface area contributed by atoms with Crippen LogP contribution in [-0.4, -0.2) is 54.7 Å². The fourth-order valence-corrected chi connectivity index (χ4v) is 5.62. The normalized spacial score (nSPS) is 15.0. The average Bonchev–Trinajstić information content (AvgIpc) is 3.33. The molecule has 0 radical (unpaired) electrons. The molecule has 1 aliphatic heterocycles. The predicted octanol–water partition coefficient (Wildman–Crippen LogP) is 1.46. The van der Waals surface area contributed by atoms with E-state index in [0.29, 0.717) is 16.9 Å². The van der Waals surface area contributed by atoms with Gasteiger partial charge in [-0.2, -0.15) is 9.05 Å². The first-order valence-electron chi connectivity index (χ1n) is 10.5. The molecule has 1 aliphatic rings. The van der Waals surface area contributed by atoms with Crippen LogP contribution in [0.3, 0.4) is 0 Å². The van der Waals surface area contributed by atoms with Gasteiger partial charge < -0.3 is 19.3 Å². The van der Waals surface area contributed by atoms with E-state index in [4.69, 9.17) is 9.05 Å². The molecule has 0 aliphatic carbocycles. The Labute approximate surface area is 194 Å². The van der Waals surface area contributed by atoms with Crippen molar-refractivity contribution in [2.24, 2.45) is 0 Å². The maximum atomic E-state index is 15.0. The molecule has 11 nitrogen and oxygen atoms in total. The Morgan fingerprint density at radius 3 is 2.50 bits per heavy atom. The van der Waals surface area contributed by atoms with Crippen LogP contribution in [0.15, 0.2) is 43.1 Å². The summed E-state index contributed by atoms with van der Waals surface area (Å²) in [6.45, 7) is 5.35. The average molecular weight is 494 g/mol. The van der Waals surface area contributed by atoms with Crippen LogP contribution < -0.4 is 15.8 Å². The van der Waals surface area contributed by atoms with Crippen LogP contribution in [0.25, 0.3) is 11.1 Å². The fraction of sp³-hybridized carbons (Fsp3) is 0.381. The Bertz CT molecular complexity index is 1370. The lowest BCUT2D eigenvalue weighted by atomic mass is 10.1. The third-order valence-corrected chi connectivity index (χ3v) is 7.72. The monoisotopic (exact) mass is 493 g/mol. The number of aryl methyl sites for hydroxylation is 2. The minimum Gasteiger partial charge on any atom is -0.367 e. The lowest BCUT2D eigenvalue weighted by Crippen LogP contribution is -2.49. The second-order valence-corrected chi connectivity index (χ2v) is 9.82. The largest absolute Gasteiger partial charge is 0.367 e. The highest BCUT2D eigenvalue weighted by Gasteiger charge is 2.33. The Kier molecular flexibility index (Phi) is 6.32. The van der Waals surface area contributed by atoms with E-state index in [2.05, 4.69) is 10.5 Å². The van der Waals surface area contributed by atoms with E-state index in [1.165, 1.54) is 23.5 Å². The number of halogens is 1. The number of amides is 1. The number of aromatic nitrogens is 2. The summed E-state index contributed by atoms with van der Waals surface area (Å²) >= 11 is 0. The lowest BCUT2D eigenvalue weighted by molar-refractivity contribution is -0.119. The van der Waals surface area contributed by atoms with Crippen molar-refractivity contribution in [1.29, 1.82) is 0 Å². The van der Waals surface area contributed by atoms with Gasteiger partial charge in [0.1, 0.15) is 23.1 Å². The van der Waals surface area contributed by atoms with E-state index >= 15 is 0 Å². The van der Waals surface area contributed by atoms with Crippen molar-refractivity contribution in [3.8, 4) is 11.1 Å². The van der Waals surface area contributed by atoms with Crippen LogP contribution in [0, 0.1) is 19.7 Å². The number of sulfonamides is 1. The number of carbonyl (C=O) groups is 1. The molecule has 34 heavy (non-hydrogen) atoms. The smallest absolute Gasteiger partial charge is 0.365 e. The maximum Gasteiger partial charge on any atom is 0.365 e. The van der Waals surface area contributed by atoms with Crippen LogP contribution in [0.4, 0.5) is 10.1 Å². The molecule has 1 N–H and O–H groups in total. The van der Waals surface area contributed by atoms with Gasteiger partial charge in [0.15, 0.2) is 5.76 Å². The van der Waals surface area contributed by atoms with Crippen LogP contribution in [0.1, 0.15) is 18.4 Å². The van der Waals surface area contributed by atoms with Crippen molar-refractivity contribution < 1.29 is 26.6 Å². The molecular weight excluding hydrogens is 469 g/mol. The molecule has 0 bridgehead atoms. The van der Waals surface area contributed by atoms with Gasteiger partial charge in [-0.1, -0.05) is 11.2 Å². The molecule has 3 aromatic rings. The lowest BCUT2D eigenvalue weighted by Gasteiger charge is -2.35. The number of nitrogens with one attached hydrogen (secondary N) is 1. The number of nitrogens with zero attached hydrogens (tertiary/aromatic N) is 4. The standard InChI is InChI=1S/C21H24FN5O6S/c1-13-20(14(2)32-24-13)34(30,31)27-8-6-25(7-9-27)19-5-4-16(10-18(19)22)17-11-26(33-21(17)29)12-23-15(3)28/h4-5,10-11H,6-9,12H2,1-3H3,(H,23,28). The third kappa shape index (κ3) is 4.48. The molecule has 1 fully saturated rings. The van der Waals surface area contributed by atoms with Gasteiger partial charge in [-0.3, -0.25) is 4.79 Å². The molecule has 2 aromatic heterocycles. The number of carbonyl (C=O) groups excluding carboxylic acids is 1. The summed E-state index contributed by atoms with van der Waals surface area (Å²) in [5.41, 5.74) is 0.440. The van der Waals surface area contributed by atoms with E-state index in [1.807, 2.05) is 0 Å². The van der Waals surface area contributed by atoms with Gasteiger partial charge in [-0.25, -0.2) is 17.6 Å². The minimum absolute atomic E-state index is 0.0216. The highest BCUT2D eigenvalue weighted by Crippen LogP contribution is 2.28. The molecule has 3 heterocycles. The summed E-state index contributed by atoms with van der Waals surface area (Å²) in [5.74, 6) is -0.599. The molecule has 1 aromatic carbocycles. The summed E-state index contributed by atoms with van der Waals surface area (Å²) in [5, 5.41) is 6.22. The second kappa shape index (κ2) is 9.06. The summed E-state index contributed by atoms with van der Waals surface area (Å²) in [6, 6.07) is 4.38. The van der Waals surface area contributed by atoms with Gasteiger partial charge in [0.25, 0.3) is 0 Å². The Balaban J connectivity index is 1.48. The molecule has 0 atom stereocenters. The molecule has 182 valence electrons. The minimum atomic E-state index is -3.77. The third-order valence-electron chi connectivity index (χ3n) is 5.58. The van der Waals surface area contributed by atoms with Crippen molar-refractivity contribution in [3.05, 3.63) is 52.1 Å². The molecule has 13 heteroatoms. The van der Waals surface area contributed by atoms with E-state index < -0.39 is 21.5 Å². The van der Waals surface area contributed by atoms with E-state index in [0.717, 1.165) is 4.74 Å². The first-order chi connectivity index (χ1) is 16.1. The Hall–Kier alpha value is -3.45. The predicted molar refractivity (Wildman–Crippen MR) is 119 cm³/mol. The van der Waals surface area contributed by atoms with Crippen LogP contribution in [0.5, 0.6) is 0 Å². The van der Waals surface area contributed by atoms with Crippen molar-refractivity contribution >= 4 is 21.6 Å². The van der Waals surface area contributed by atoms with Gasteiger partial charge in [-0.05, 0) is 31.5 Å². The number of rotatable bonds is 6. The molecule has 0 saturated carbocycles. The van der Waals surface area contributed by atoms with E-state index in [9.17, 15) is 22.4 Å². The van der Waals surface area contributed by atoms with Crippen LogP contribution in [0.2, 0.25) is 0 Å². The zero-order chi connectivity index (χ0) is 24.6.